The molecule has 0 heterocycles. The molecule has 0 N–H and O–H groups in total. The van der Waals surface area contributed by atoms with Gasteiger partial charge >= 0.3 is 0 Å². The fourth-order valence-corrected chi connectivity index (χ4v) is 0.755. The van der Waals surface area contributed by atoms with Gasteiger partial charge in [-0.05, 0) is 19.5 Å². The Hall–Kier alpha value is -1.05. The highest BCUT2D eigenvalue weighted by Crippen LogP contribution is 2.00. The minimum atomic E-state index is 0.0156. The molecule has 0 radical (unpaired) electrons. The van der Waals surface area contributed by atoms with Gasteiger partial charge in [-0.2, -0.15) is 0 Å². The van der Waals surface area contributed by atoms with E-state index in [4.69, 9.17) is 0 Å². The summed E-state index contributed by atoms with van der Waals surface area (Å²) in [5, 5.41) is 0. The Morgan fingerprint density at radius 2 is 1.92 bits per heavy atom. The minimum absolute atomic E-state index is 0.0156. The molecule has 0 aliphatic heterocycles. The smallest absolute Gasteiger partial charge is 0.252 e. The van der Waals surface area contributed by atoms with E-state index in [0.29, 0.717) is 0 Å². The van der Waals surface area contributed by atoms with Gasteiger partial charge in [0.1, 0.15) is 0 Å². The van der Waals surface area contributed by atoms with E-state index in [2.05, 4.69) is 6.58 Å². The maximum Gasteiger partial charge on any atom is 0.252 e. The molecule has 2 heteroatoms. The van der Waals surface area contributed by atoms with Crippen LogP contribution in [-0.4, -0.2) is 17.9 Å². The number of amides is 1. The lowest BCUT2D eigenvalue weighted by Crippen LogP contribution is -2.21. The van der Waals surface area contributed by atoms with Crippen molar-refractivity contribution in [1.29, 1.82) is 0 Å². The van der Waals surface area contributed by atoms with E-state index in [9.17, 15) is 4.79 Å². The van der Waals surface area contributed by atoms with Crippen molar-refractivity contribution >= 4 is 5.91 Å². The lowest BCUT2D eigenvalue weighted by Gasteiger charge is -2.10. The average Bonchev–Trinajstić information content (AvgIpc) is 2.19. The molecular weight excluding hydrogens is 162 g/mol. The van der Waals surface area contributed by atoms with Gasteiger partial charge < -0.3 is 4.90 Å². The van der Waals surface area contributed by atoms with Crippen molar-refractivity contribution in [3.8, 4) is 0 Å². The maximum atomic E-state index is 11.3. The molecule has 0 atom stereocenters. The summed E-state index contributed by atoms with van der Waals surface area (Å²) in [5.41, 5.74) is 0.773. The van der Waals surface area contributed by atoms with E-state index in [1.54, 1.807) is 7.05 Å². The summed E-state index contributed by atoms with van der Waals surface area (Å²) in [4.78, 5) is 12.7. The van der Waals surface area contributed by atoms with Crippen LogP contribution in [0.2, 0.25) is 0 Å². The highest BCUT2D eigenvalue weighted by Gasteiger charge is 2.05. The zero-order valence-corrected chi connectivity index (χ0v) is 9.42. The topological polar surface area (TPSA) is 20.3 Å². The molecule has 0 spiro atoms. The van der Waals surface area contributed by atoms with Gasteiger partial charge in [0.25, 0.3) is 5.91 Å². The van der Waals surface area contributed by atoms with Crippen molar-refractivity contribution in [2.75, 3.05) is 7.05 Å². The molecule has 0 bridgehead atoms. The number of rotatable bonds is 3. The number of allylic oxidation sites excluding steroid dienone is 1. The zero-order valence-electron chi connectivity index (χ0n) is 9.42. The van der Waals surface area contributed by atoms with E-state index in [0.717, 1.165) is 12.0 Å². The molecule has 0 rings (SSSR count). The molecule has 0 saturated heterocycles. The van der Waals surface area contributed by atoms with Gasteiger partial charge in [0.15, 0.2) is 0 Å². The lowest BCUT2D eigenvalue weighted by atomic mass is 10.2. The molecule has 2 nitrogen and oxygen atoms in total. The summed E-state index contributed by atoms with van der Waals surface area (Å²) in [6.07, 6.45) is 4.31. The van der Waals surface area contributed by atoms with Gasteiger partial charge in [0, 0.05) is 12.6 Å². The molecule has 1 amide bonds. The number of hydrogen-bond acceptors (Lipinski definition) is 1. The monoisotopic (exact) mass is 183 g/mol. The van der Waals surface area contributed by atoms with Crippen LogP contribution in [0.4, 0.5) is 0 Å². The molecule has 13 heavy (non-hydrogen) atoms. The van der Waals surface area contributed by atoms with Crippen molar-refractivity contribution in [1.82, 2.24) is 4.90 Å². The van der Waals surface area contributed by atoms with Crippen LogP contribution in [0.1, 0.15) is 34.1 Å². The van der Waals surface area contributed by atoms with Crippen LogP contribution in [0.3, 0.4) is 0 Å². The SMILES string of the molecule is C=CN(C)C(=O)/C(C)=C\CC.CC. The van der Waals surface area contributed by atoms with Crippen LogP contribution < -0.4 is 0 Å². The van der Waals surface area contributed by atoms with E-state index in [1.165, 1.54) is 11.1 Å². The number of nitrogens with zero attached hydrogens (tertiary/aromatic N) is 1. The summed E-state index contributed by atoms with van der Waals surface area (Å²) in [6, 6.07) is 0. The Bertz CT molecular complexity index is 183. The molecule has 0 fully saturated rings. The van der Waals surface area contributed by atoms with Gasteiger partial charge in [-0.1, -0.05) is 33.4 Å². The normalized spacial score (nSPS) is 9.77. The largest absolute Gasteiger partial charge is 0.319 e. The second-order valence-corrected chi connectivity index (χ2v) is 2.39. The minimum Gasteiger partial charge on any atom is -0.319 e. The number of hydrogen-bond donors (Lipinski definition) is 0. The second-order valence-electron chi connectivity index (χ2n) is 2.39. The van der Waals surface area contributed by atoms with E-state index in [-0.39, 0.29) is 5.91 Å². The molecular formula is C11H21NO. The van der Waals surface area contributed by atoms with Crippen molar-refractivity contribution in [3.63, 3.8) is 0 Å². The first-order chi connectivity index (χ1) is 6.13. The summed E-state index contributed by atoms with van der Waals surface area (Å²) in [6.45, 7) is 11.3. The van der Waals surface area contributed by atoms with Crippen LogP contribution in [0.5, 0.6) is 0 Å². The molecule has 76 valence electrons. The van der Waals surface area contributed by atoms with Gasteiger partial charge in [0.05, 0.1) is 0 Å². The van der Waals surface area contributed by atoms with Crippen LogP contribution in [0.25, 0.3) is 0 Å². The highest BCUT2D eigenvalue weighted by atomic mass is 16.2. The van der Waals surface area contributed by atoms with Crippen molar-refractivity contribution in [3.05, 3.63) is 24.4 Å². The van der Waals surface area contributed by atoms with Crippen molar-refractivity contribution in [2.45, 2.75) is 34.1 Å². The van der Waals surface area contributed by atoms with E-state index in [1.807, 2.05) is 33.8 Å². The Labute approximate surface area is 81.9 Å². The van der Waals surface area contributed by atoms with Crippen LogP contribution in [0, 0.1) is 0 Å². The predicted molar refractivity (Wildman–Crippen MR) is 58.4 cm³/mol. The highest BCUT2D eigenvalue weighted by molar-refractivity contribution is 5.93. The molecule has 0 aromatic rings. The third-order valence-corrected chi connectivity index (χ3v) is 1.44. The van der Waals surface area contributed by atoms with Crippen LogP contribution in [0.15, 0.2) is 24.4 Å². The summed E-state index contributed by atoms with van der Waals surface area (Å²) >= 11 is 0. The zero-order chi connectivity index (χ0) is 10.9. The molecule has 0 aromatic heterocycles. The van der Waals surface area contributed by atoms with Crippen LogP contribution >= 0.6 is 0 Å². The fraction of sp³-hybridized carbons (Fsp3) is 0.545. The quantitative estimate of drug-likeness (QED) is 0.616. The Morgan fingerprint density at radius 3 is 2.23 bits per heavy atom. The van der Waals surface area contributed by atoms with Crippen LogP contribution in [-0.2, 0) is 4.79 Å². The average molecular weight is 183 g/mol. The summed E-state index contributed by atoms with van der Waals surface area (Å²) in [7, 11) is 1.70. The summed E-state index contributed by atoms with van der Waals surface area (Å²) < 4.78 is 0. The third kappa shape index (κ3) is 6.14. The third-order valence-electron chi connectivity index (χ3n) is 1.44. The number of carbonyl (C=O) groups is 1. The number of likely N-dealkylation sites (N-methyl/N-ethyl adjacent to an activating group) is 1. The first-order valence-electron chi connectivity index (χ1n) is 4.70. The Kier molecular flexibility index (Phi) is 10.1. The predicted octanol–water partition coefficient (Wildman–Crippen LogP) is 2.97. The number of carbonyl (C=O) groups excluding carboxylic acids is 1. The molecule has 0 saturated carbocycles. The molecule has 0 aromatic carbocycles. The van der Waals surface area contributed by atoms with Gasteiger partial charge in [-0.3, -0.25) is 4.79 Å². The standard InChI is InChI=1S/C9H15NO.C2H6/c1-5-7-8(3)9(11)10(4)6-2;1-2/h6-7H,2,5H2,1,3-4H3;1-2H3/b8-7-;. The second kappa shape index (κ2) is 9.04. The Balaban J connectivity index is 0. The lowest BCUT2D eigenvalue weighted by molar-refractivity contribution is -0.123. The van der Waals surface area contributed by atoms with E-state index < -0.39 is 0 Å². The Morgan fingerprint density at radius 1 is 1.46 bits per heavy atom. The van der Waals surface area contributed by atoms with Gasteiger partial charge in [0.2, 0.25) is 0 Å². The maximum absolute atomic E-state index is 11.3. The van der Waals surface area contributed by atoms with Crippen molar-refractivity contribution < 1.29 is 4.79 Å². The van der Waals surface area contributed by atoms with Gasteiger partial charge in [-0.15, -0.1) is 0 Å². The van der Waals surface area contributed by atoms with Crippen molar-refractivity contribution in [2.24, 2.45) is 0 Å². The first-order valence-corrected chi connectivity index (χ1v) is 4.70. The first kappa shape index (κ1) is 14.5. The summed E-state index contributed by atoms with van der Waals surface area (Å²) in [5.74, 6) is 0.0156. The van der Waals surface area contributed by atoms with Gasteiger partial charge in [-0.25, -0.2) is 0 Å². The fourth-order valence-electron chi connectivity index (χ4n) is 0.755. The molecule has 0 aliphatic carbocycles. The molecule has 0 aliphatic rings. The van der Waals surface area contributed by atoms with E-state index >= 15 is 0 Å². The molecule has 0 unspecified atom stereocenters.